The van der Waals surface area contributed by atoms with Crippen molar-refractivity contribution in [2.24, 2.45) is 5.92 Å². The van der Waals surface area contributed by atoms with Gasteiger partial charge in [-0.25, -0.2) is 0 Å². The second-order valence-corrected chi connectivity index (χ2v) is 7.78. The van der Waals surface area contributed by atoms with Crippen molar-refractivity contribution >= 4 is 28.9 Å². The summed E-state index contributed by atoms with van der Waals surface area (Å²) in [5.41, 5.74) is 3.24. The minimum absolute atomic E-state index is 0.493. The average molecular weight is 419 g/mol. The quantitative estimate of drug-likeness (QED) is 0.524. The van der Waals surface area contributed by atoms with Gasteiger partial charge in [0.1, 0.15) is 11.8 Å². The van der Waals surface area contributed by atoms with Gasteiger partial charge >= 0.3 is 0 Å². The van der Waals surface area contributed by atoms with Gasteiger partial charge in [-0.3, -0.25) is 0 Å². The van der Waals surface area contributed by atoms with Crippen LogP contribution in [0.25, 0.3) is 0 Å². The summed E-state index contributed by atoms with van der Waals surface area (Å²) in [4.78, 5) is 14.3. The van der Waals surface area contributed by atoms with Gasteiger partial charge in [0.25, 0.3) is 0 Å². The van der Waals surface area contributed by atoms with Crippen LogP contribution in [-0.4, -0.2) is 16.7 Å². The van der Waals surface area contributed by atoms with E-state index in [-0.39, 0.29) is 0 Å². The number of rotatable bonds is 4. The summed E-state index contributed by atoms with van der Waals surface area (Å²) in [7, 11) is 0. The lowest BCUT2D eigenvalue weighted by Crippen LogP contribution is -2.48. The predicted molar refractivity (Wildman–Crippen MR) is 103 cm³/mol. The van der Waals surface area contributed by atoms with Crippen LogP contribution >= 0.6 is 22.6 Å². The van der Waals surface area contributed by atoms with Crippen LogP contribution in [0, 0.1) is 9.49 Å². The van der Waals surface area contributed by atoms with Crippen molar-refractivity contribution in [3.63, 3.8) is 0 Å². The summed E-state index contributed by atoms with van der Waals surface area (Å²) in [6, 6.07) is 6.51. The maximum atomic E-state index is 12.2. The lowest BCUT2D eigenvalue weighted by Gasteiger charge is -2.38. The molecule has 1 aliphatic heterocycles. The van der Waals surface area contributed by atoms with Crippen LogP contribution in [0.5, 0.6) is 0 Å². The Kier molecular flexibility index (Phi) is 4.76. The highest BCUT2D eigenvalue weighted by molar-refractivity contribution is 14.1. The van der Waals surface area contributed by atoms with E-state index in [1.807, 2.05) is 12.2 Å². The first-order chi connectivity index (χ1) is 11.1. The van der Waals surface area contributed by atoms with Crippen LogP contribution in [0.4, 0.5) is 0 Å². The monoisotopic (exact) mass is 419 g/mol. The molecule has 0 N–H and O–H groups in total. The Morgan fingerprint density at radius 1 is 1.30 bits per heavy atom. The van der Waals surface area contributed by atoms with E-state index in [0.29, 0.717) is 5.92 Å². The second-order valence-electron chi connectivity index (χ2n) is 6.54. The number of hydrogen-bond donors (Lipinski definition) is 0. The van der Waals surface area contributed by atoms with Crippen LogP contribution in [-0.2, 0) is 17.6 Å². The zero-order valence-electron chi connectivity index (χ0n) is 13.6. The Bertz CT molecular complexity index is 704. The molecule has 2 aliphatic rings. The zero-order valence-corrected chi connectivity index (χ0v) is 15.8. The molecule has 0 saturated heterocycles. The summed E-state index contributed by atoms with van der Waals surface area (Å²) in [5, 5.41) is 0. The Morgan fingerprint density at radius 2 is 2.09 bits per heavy atom. The third-order valence-corrected chi connectivity index (χ3v) is 5.52. The zero-order chi connectivity index (χ0) is 16.4. The van der Waals surface area contributed by atoms with Gasteiger partial charge in [-0.05, 0) is 63.9 Å². The van der Waals surface area contributed by atoms with Gasteiger partial charge in [0, 0.05) is 28.3 Å². The molecule has 0 fully saturated rings. The molecule has 0 radical (unpaired) electrons. The number of halogens is 1. The topological polar surface area (TPSA) is 20.3 Å². The molecule has 3 heteroatoms. The summed E-state index contributed by atoms with van der Waals surface area (Å²) in [6.07, 6.45) is 14.3. The second kappa shape index (κ2) is 6.63. The van der Waals surface area contributed by atoms with Crippen LogP contribution in [0.15, 0.2) is 54.4 Å². The highest BCUT2D eigenvalue weighted by atomic mass is 127. The largest absolute Gasteiger partial charge is 0.335 e. The first kappa shape index (κ1) is 16.5. The summed E-state index contributed by atoms with van der Waals surface area (Å²) < 4.78 is 1.23. The van der Waals surface area contributed by atoms with Gasteiger partial charge in [-0.2, -0.15) is 0 Å². The van der Waals surface area contributed by atoms with Gasteiger partial charge in [-0.1, -0.05) is 38.5 Å². The number of carbonyl (C=O) groups excluding carboxylic acids is 1. The molecule has 1 aliphatic carbocycles. The molecule has 2 unspecified atom stereocenters. The normalized spacial score (nSPS) is 25.7. The number of allylic oxidation sites excluding steroid dienone is 4. The Balaban J connectivity index is 1.98. The first-order valence-corrected chi connectivity index (χ1v) is 9.25. The Hall–Kier alpha value is -1.36. The summed E-state index contributed by atoms with van der Waals surface area (Å²) >= 11 is 2.34. The van der Waals surface area contributed by atoms with Crippen LogP contribution in [0.2, 0.25) is 0 Å². The molecule has 23 heavy (non-hydrogen) atoms. The smallest absolute Gasteiger partial charge is 0.146 e. The highest BCUT2D eigenvalue weighted by Crippen LogP contribution is 2.38. The fraction of sp³-hybridized carbons (Fsp3) is 0.350. The van der Waals surface area contributed by atoms with Crippen molar-refractivity contribution in [3.05, 3.63) is 69.1 Å². The maximum absolute atomic E-state index is 12.2. The third-order valence-electron chi connectivity index (χ3n) is 4.85. The van der Waals surface area contributed by atoms with Crippen molar-refractivity contribution in [2.45, 2.75) is 38.6 Å². The van der Waals surface area contributed by atoms with Gasteiger partial charge in [0.05, 0.1) is 0 Å². The van der Waals surface area contributed by atoms with Crippen molar-refractivity contribution in [2.75, 3.05) is 0 Å². The van der Waals surface area contributed by atoms with E-state index in [1.54, 1.807) is 0 Å². The Morgan fingerprint density at radius 3 is 2.83 bits per heavy atom. The molecular weight excluding hydrogens is 397 g/mol. The van der Waals surface area contributed by atoms with E-state index in [0.717, 1.165) is 31.2 Å². The number of carbonyl (C=O) groups is 1. The van der Waals surface area contributed by atoms with Gasteiger partial charge in [-0.15, -0.1) is 0 Å². The molecule has 0 spiro atoms. The SMILES string of the molecule is CCC(C)/C=C1\C=CC=CN1C1(C=O)Cc2ccc(I)cc2C1. The third kappa shape index (κ3) is 3.16. The van der Waals surface area contributed by atoms with Crippen molar-refractivity contribution < 1.29 is 4.79 Å². The molecule has 120 valence electrons. The molecule has 0 aromatic heterocycles. The van der Waals surface area contributed by atoms with E-state index < -0.39 is 5.54 Å². The molecule has 2 atom stereocenters. The molecule has 1 aromatic rings. The van der Waals surface area contributed by atoms with Crippen LogP contribution in [0.1, 0.15) is 31.4 Å². The fourth-order valence-corrected chi connectivity index (χ4v) is 3.93. The standard InChI is InChI=1S/C20H22INO/c1-3-15(2)10-19-6-4-5-9-22(19)20(14-23)12-16-7-8-18(21)11-17(16)13-20/h4-11,14-15H,3,12-13H2,1-2H3/b19-10+. The van der Waals surface area contributed by atoms with E-state index in [2.05, 4.69) is 77.9 Å². The molecule has 2 nitrogen and oxygen atoms in total. The van der Waals surface area contributed by atoms with Gasteiger partial charge in [0.2, 0.25) is 0 Å². The molecule has 0 bridgehead atoms. The molecule has 0 saturated carbocycles. The minimum atomic E-state index is -0.493. The highest BCUT2D eigenvalue weighted by Gasteiger charge is 2.42. The summed E-state index contributed by atoms with van der Waals surface area (Å²) in [6.45, 7) is 4.41. The number of aldehydes is 1. The average Bonchev–Trinajstić information content (AvgIpc) is 2.94. The van der Waals surface area contributed by atoms with Crippen molar-refractivity contribution in [1.82, 2.24) is 4.90 Å². The summed E-state index contributed by atoms with van der Waals surface area (Å²) in [5.74, 6) is 0.497. The van der Waals surface area contributed by atoms with E-state index in [1.165, 1.54) is 14.7 Å². The van der Waals surface area contributed by atoms with E-state index in [4.69, 9.17) is 0 Å². The molecule has 3 rings (SSSR count). The molecular formula is C20H22INO. The van der Waals surface area contributed by atoms with E-state index in [9.17, 15) is 4.79 Å². The predicted octanol–water partition coefficient (Wildman–Crippen LogP) is 4.64. The molecule has 1 aromatic carbocycles. The van der Waals surface area contributed by atoms with Gasteiger partial charge in [0.15, 0.2) is 0 Å². The lowest BCUT2D eigenvalue weighted by atomic mass is 9.93. The fourth-order valence-electron chi connectivity index (χ4n) is 3.37. The number of fused-ring (bicyclic) bond motifs is 1. The van der Waals surface area contributed by atoms with E-state index >= 15 is 0 Å². The maximum Gasteiger partial charge on any atom is 0.146 e. The van der Waals surface area contributed by atoms with Crippen LogP contribution < -0.4 is 0 Å². The number of benzene rings is 1. The van der Waals surface area contributed by atoms with Crippen molar-refractivity contribution in [3.8, 4) is 0 Å². The molecule has 0 amide bonds. The van der Waals surface area contributed by atoms with Crippen LogP contribution in [0.3, 0.4) is 0 Å². The first-order valence-electron chi connectivity index (χ1n) is 8.17. The lowest BCUT2D eigenvalue weighted by molar-refractivity contribution is -0.115. The Labute approximate surface area is 152 Å². The number of hydrogen-bond acceptors (Lipinski definition) is 2. The number of nitrogens with zero attached hydrogens (tertiary/aromatic N) is 1. The van der Waals surface area contributed by atoms with Gasteiger partial charge < -0.3 is 9.69 Å². The minimum Gasteiger partial charge on any atom is -0.335 e. The molecule has 1 heterocycles. The van der Waals surface area contributed by atoms with Crippen molar-refractivity contribution in [1.29, 1.82) is 0 Å².